The minimum absolute atomic E-state index is 0.0744. The van der Waals surface area contributed by atoms with Crippen molar-refractivity contribution < 1.29 is 0 Å². The maximum atomic E-state index is 5.22. The first-order valence-electron chi connectivity index (χ1n) is 3.89. The lowest BCUT2D eigenvalue weighted by Crippen LogP contribution is -2.21. The molecule has 0 atom stereocenters. The second-order valence-corrected chi connectivity index (χ2v) is 2.95. The Morgan fingerprint density at radius 3 is 2.92 bits per heavy atom. The molecule has 1 heterocycles. The van der Waals surface area contributed by atoms with E-state index in [9.17, 15) is 0 Å². The Morgan fingerprint density at radius 2 is 2.33 bits per heavy atom. The van der Waals surface area contributed by atoms with Gasteiger partial charge in [-0.1, -0.05) is 0 Å². The van der Waals surface area contributed by atoms with E-state index in [-0.39, 0.29) is 5.96 Å². The van der Waals surface area contributed by atoms with Gasteiger partial charge in [0, 0.05) is 0 Å². The van der Waals surface area contributed by atoms with Gasteiger partial charge in [-0.15, -0.1) is 0 Å². The molecule has 64 valence electrons. The number of hydrogen-bond acceptors (Lipinski definition) is 2. The highest BCUT2D eigenvalue weighted by atomic mass is 15.3. The molecule has 0 bridgehead atoms. The molecule has 0 saturated heterocycles. The molecule has 1 saturated carbocycles. The van der Waals surface area contributed by atoms with E-state index in [4.69, 9.17) is 11.5 Å². The number of hydrogen-bond donors (Lipinski definition) is 2. The van der Waals surface area contributed by atoms with Crippen molar-refractivity contribution in [2.75, 3.05) is 0 Å². The van der Waals surface area contributed by atoms with E-state index in [1.807, 2.05) is 10.9 Å². The molecule has 4 N–H and O–H groups in total. The summed E-state index contributed by atoms with van der Waals surface area (Å²) in [4.78, 5) is 3.88. The second kappa shape index (κ2) is 2.51. The SMILES string of the molecule is NC(N)=Nc1cnn(C2CC2)c1. The molecule has 1 fully saturated rings. The van der Waals surface area contributed by atoms with Crippen LogP contribution in [0.4, 0.5) is 5.69 Å². The summed E-state index contributed by atoms with van der Waals surface area (Å²) in [6, 6.07) is 0.577. The predicted molar refractivity (Wildman–Crippen MR) is 46.0 cm³/mol. The summed E-state index contributed by atoms with van der Waals surface area (Å²) >= 11 is 0. The number of nitrogens with two attached hydrogens (primary N) is 2. The van der Waals surface area contributed by atoms with Crippen LogP contribution in [0.5, 0.6) is 0 Å². The van der Waals surface area contributed by atoms with Gasteiger partial charge >= 0.3 is 0 Å². The maximum Gasteiger partial charge on any atom is 0.191 e. The molecule has 12 heavy (non-hydrogen) atoms. The molecule has 5 nitrogen and oxygen atoms in total. The zero-order valence-corrected chi connectivity index (χ0v) is 6.64. The van der Waals surface area contributed by atoms with Crippen molar-refractivity contribution in [1.29, 1.82) is 0 Å². The van der Waals surface area contributed by atoms with Crippen LogP contribution >= 0.6 is 0 Å². The van der Waals surface area contributed by atoms with E-state index >= 15 is 0 Å². The molecule has 0 unspecified atom stereocenters. The van der Waals surface area contributed by atoms with Crippen LogP contribution in [-0.4, -0.2) is 15.7 Å². The smallest absolute Gasteiger partial charge is 0.191 e. The summed E-state index contributed by atoms with van der Waals surface area (Å²) in [6.07, 6.45) is 5.95. The molecule has 5 heteroatoms. The van der Waals surface area contributed by atoms with Gasteiger partial charge in [-0.2, -0.15) is 5.10 Å². The monoisotopic (exact) mass is 165 g/mol. The van der Waals surface area contributed by atoms with E-state index < -0.39 is 0 Å². The third kappa shape index (κ3) is 1.39. The van der Waals surface area contributed by atoms with E-state index in [1.54, 1.807) is 6.20 Å². The maximum absolute atomic E-state index is 5.22. The van der Waals surface area contributed by atoms with Gasteiger partial charge in [0.05, 0.1) is 18.4 Å². The molecule has 0 aliphatic heterocycles. The first-order valence-corrected chi connectivity index (χ1v) is 3.89. The zero-order valence-electron chi connectivity index (χ0n) is 6.64. The van der Waals surface area contributed by atoms with Crippen LogP contribution < -0.4 is 11.5 Å². The number of aliphatic imine (C=N–C) groups is 1. The molecule has 0 radical (unpaired) electrons. The van der Waals surface area contributed by atoms with E-state index in [1.165, 1.54) is 12.8 Å². The molecular formula is C7H11N5. The Bertz CT molecular complexity index is 305. The summed E-state index contributed by atoms with van der Waals surface area (Å²) in [7, 11) is 0. The Kier molecular flexibility index (Phi) is 1.49. The normalized spacial score (nSPS) is 16.0. The van der Waals surface area contributed by atoms with Crippen LogP contribution in [0, 0.1) is 0 Å². The first kappa shape index (κ1) is 7.15. The van der Waals surface area contributed by atoms with Crippen molar-refractivity contribution in [3.63, 3.8) is 0 Å². The number of rotatable bonds is 2. The van der Waals surface area contributed by atoms with Crippen molar-refractivity contribution >= 4 is 11.6 Å². The Balaban J connectivity index is 2.18. The average molecular weight is 165 g/mol. The third-order valence-electron chi connectivity index (χ3n) is 1.77. The summed E-state index contributed by atoms with van der Waals surface area (Å²) in [6.45, 7) is 0. The average Bonchev–Trinajstić information content (AvgIpc) is 2.73. The van der Waals surface area contributed by atoms with Gasteiger partial charge in [0.2, 0.25) is 0 Å². The highest BCUT2D eigenvalue weighted by Gasteiger charge is 2.23. The third-order valence-corrected chi connectivity index (χ3v) is 1.77. The summed E-state index contributed by atoms with van der Waals surface area (Å²) < 4.78 is 1.90. The summed E-state index contributed by atoms with van der Waals surface area (Å²) in [5, 5.41) is 4.13. The highest BCUT2D eigenvalue weighted by molar-refractivity contribution is 5.78. The van der Waals surface area contributed by atoms with Crippen LogP contribution in [0.3, 0.4) is 0 Å². The molecule has 1 aromatic rings. The molecule has 2 rings (SSSR count). The van der Waals surface area contributed by atoms with Gasteiger partial charge < -0.3 is 11.5 Å². The summed E-state index contributed by atoms with van der Waals surface area (Å²) in [5.41, 5.74) is 11.2. The Hall–Kier alpha value is -1.52. The van der Waals surface area contributed by atoms with E-state index in [0.29, 0.717) is 6.04 Å². The van der Waals surface area contributed by atoms with Crippen LogP contribution in [0.15, 0.2) is 17.4 Å². The van der Waals surface area contributed by atoms with Gasteiger partial charge in [-0.3, -0.25) is 4.68 Å². The van der Waals surface area contributed by atoms with Crippen molar-refractivity contribution in [3.05, 3.63) is 12.4 Å². The number of aromatic nitrogens is 2. The quantitative estimate of drug-likeness (QED) is 0.482. The fraction of sp³-hybridized carbons (Fsp3) is 0.429. The van der Waals surface area contributed by atoms with E-state index in [0.717, 1.165) is 5.69 Å². The molecule has 1 aliphatic rings. The Morgan fingerprint density at radius 1 is 1.58 bits per heavy atom. The minimum Gasteiger partial charge on any atom is -0.370 e. The lowest BCUT2D eigenvalue weighted by molar-refractivity contribution is 0.642. The van der Waals surface area contributed by atoms with Gasteiger partial charge in [0.15, 0.2) is 5.96 Å². The molecule has 1 aliphatic carbocycles. The molecule has 0 amide bonds. The van der Waals surface area contributed by atoms with Crippen molar-refractivity contribution in [1.82, 2.24) is 9.78 Å². The lowest BCUT2D eigenvalue weighted by atomic mass is 10.6. The van der Waals surface area contributed by atoms with Gasteiger partial charge in [0.1, 0.15) is 5.69 Å². The molecule has 1 aromatic heterocycles. The Labute approximate surface area is 70.1 Å². The van der Waals surface area contributed by atoms with Crippen LogP contribution in [0.1, 0.15) is 18.9 Å². The molecular weight excluding hydrogens is 154 g/mol. The lowest BCUT2D eigenvalue weighted by Gasteiger charge is -1.92. The topological polar surface area (TPSA) is 82.2 Å². The summed E-state index contributed by atoms with van der Waals surface area (Å²) in [5.74, 6) is 0.0744. The molecule has 0 aromatic carbocycles. The van der Waals surface area contributed by atoms with Crippen LogP contribution in [0.2, 0.25) is 0 Å². The number of nitrogens with zero attached hydrogens (tertiary/aromatic N) is 3. The highest BCUT2D eigenvalue weighted by Crippen LogP contribution is 2.34. The number of guanidine groups is 1. The second-order valence-electron chi connectivity index (χ2n) is 2.95. The predicted octanol–water partition coefficient (Wildman–Crippen LogP) is 0.123. The van der Waals surface area contributed by atoms with Crippen molar-refractivity contribution in [3.8, 4) is 0 Å². The zero-order chi connectivity index (χ0) is 8.55. The van der Waals surface area contributed by atoms with Crippen molar-refractivity contribution in [2.45, 2.75) is 18.9 Å². The fourth-order valence-electron chi connectivity index (χ4n) is 1.07. The standard InChI is InChI=1S/C7H11N5/c8-7(9)11-5-3-10-12(4-5)6-1-2-6/h3-4,6H,1-2H2,(H4,8,9,11). The van der Waals surface area contributed by atoms with Gasteiger partial charge in [-0.05, 0) is 12.8 Å². The fourth-order valence-corrected chi connectivity index (χ4v) is 1.07. The van der Waals surface area contributed by atoms with Gasteiger partial charge in [0.25, 0.3) is 0 Å². The van der Waals surface area contributed by atoms with Crippen molar-refractivity contribution in [2.24, 2.45) is 16.5 Å². The first-order chi connectivity index (χ1) is 5.75. The van der Waals surface area contributed by atoms with Crippen LogP contribution in [-0.2, 0) is 0 Å². The van der Waals surface area contributed by atoms with Gasteiger partial charge in [-0.25, -0.2) is 4.99 Å². The van der Waals surface area contributed by atoms with E-state index in [2.05, 4.69) is 10.1 Å². The van der Waals surface area contributed by atoms with Crippen LogP contribution in [0.25, 0.3) is 0 Å². The minimum atomic E-state index is 0.0744. The molecule has 0 spiro atoms. The largest absolute Gasteiger partial charge is 0.370 e.